The summed E-state index contributed by atoms with van der Waals surface area (Å²) in [6, 6.07) is 9.39. The van der Waals surface area contributed by atoms with Gasteiger partial charge in [-0.2, -0.15) is 9.97 Å². The van der Waals surface area contributed by atoms with Gasteiger partial charge in [0.05, 0.1) is 35.9 Å². The maximum atomic E-state index is 14.1. The van der Waals surface area contributed by atoms with Crippen LogP contribution < -0.4 is 15.5 Å². The molecule has 5 rings (SSSR count). The topological polar surface area (TPSA) is 100 Å². The van der Waals surface area contributed by atoms with Crippen molar-refractivity contribution in [2.75, 3.05) is 43.1 Å². The summed E-state index contributed by atoms with van der Waals surface area (Å²) < 4.78 is 35.3. The van der Waals surface area contributed by atoms with Crippen molar-refractivity contribution in [2.45, 2.75) is 70.6 Å². The number of imidazole rings is 1. The zero-order chi connectivity index (χ0) is 27.6. The Morgan fingerprint density at radius 3 is 2.56 bits per heavy atom. The molecule has 3 N–H and O–H groups in total. The molecule has 0 unspecified atom stereocenters. The molecule has 212 valence electrons. The van der Waals surface area contributed by atoms with Crippen LogP contribution in [0.1, 0.15) is 58.7 Å². The number of hydrogen-bond acceptors (Lipinski definition) is 8. The van der Waals surface area contributed by atoms with Crippen molar-refractivity contribution in [1.82, 2.24) is 24.8 Å². The lowest BCUT2D eigenvalue weighted by Gasteiger charge is -2.34. The molecule has 9 nitrogen and oxygen atoms in total. The third-order valence-corrected chi connectivity index (χ3v) is 7.59. The van der Waals surface area contributed by atoms with Gasteiger partial charge in [0.1, 0.15) is 11.6 Å². The number of fused-ring (bicyclic) bond motifs is 1. The van der Waals surface area contributed by atoms with E-state index in [0.717, 1.165) is 25.7 Å². The summed E-state index contributed by atoms with van der Waals surface area (Å²) in [6.07, 6.45) is 1.42. The summed E-state index contributed by atoms with van der Waals surface area (Å²) in [5, 5.41) is 16.9. The average molecular weight is 544 g/mol. The van der Waals surface area contributed by atoms with E-state index in [1.54, 1.807) is 24.3 Å². The lowest BCUT2D eigenvalue weighted by Crippen LogP contribution is -2.44. The Labute approximate surface area is 228 Å². The van der Waals surface area contributed by atoms with E-state index < -0.39 is 12.0 Å². The van der Waals surface area contributed by atoms with Crippen LogP contribution in [0, 0.1) is 5.92 Å². The molecule has 1 saturated carbocycles. The smallest absolute Gasteiger partial charge is 0.296 e. The number of anilines is 2. The molecule has 11 heteroatoms. The SMILES string of the molecule is C[C@H]1COCCN1c1cc(-n2c(C(F)F)nc3ccccc32)nc(NCC2CCC(NCC(C)(C)O)CC2)n1. The highest BCUT2D eigenvalue weighted by Crippen LogP contribution is 2.30. The van der Waals surface area contributed by atoms with Gasteiger partial charge in [0.2, 0.25) is 5.95 Å². The van der Waals surface area contributed by atoms with E-state index in [2.05, 4.69) is 27.4 Å². The highest BCUT2D eigenvalue weighted by molar-refractivity contribution is 5.78. The quantitative estimate of drug-likeness (QED) is 0.367. The molecule has 1 aromatic carbocycles. The monoisotopic (exact) mass is 543 g/mol. The number of nitrogens with one attached hydrogen (secondary N) is 2. The van der Waals surface area contributed by atoms with Gasteiger partial charge in [0.25, 0.3) is 6.43 Å². The Kier molecular flexibility index (Phi) is 8.29. The summed E-state index contributed by atoms with van der Waals surface area (Å²) in [4.78, 5) is 15.9. The van der Waals surface area contributed by atoms with E-state index in [-0.39, 0.29) is 11.9 Å². The Balaban J connectivity index is 1.39. The summed E-state index contributed by atoms with van der Waals surface area (Å²) in [5.41, 5.74) is 0.355. The largest absolute Gasteiger partial charge is 0.389 e. The van der Waals surface area contributed by atoms with Crippen molar-refractivity contribution >= 4 is 22.8 Å². The molecular formula is C28H39F2N7O2. The molecule has 0 radical (unpaired) electrons. The normalized spacial score (nSPS) is 22.5. The molecule has 3 aromatic rings. The molecule has 1 aliphatic heterocycles. The molecule has 0 bridgehead atoms. The third-order valence-electron chi connectivity index (χ3n) is 7.59. The van der Waals surface area contributed by atoms with Crippen LogP contribution in [0.4, 0.5) is 20.5 Å². The second-order valence-electron chi connectivity index (χ2n) is 11.4. The zero-order valence-corrected chi connectivity index (χ0v) is 22.9. The van der Waals surface area contributed by atoms with E-state index in [0.29, 0.717) is 73.4 Å². The molecule has 3 heterocycles. The number of aromatic nitrogens is 4. The van der Waals surface area contributed by atoms with Gasteiger partial charge >= 0.3 is 0 Å². The van der Waals surface area contributed by atoms with Crippen LogP contribution in [-0.4, -0.2) is 75.2 Å². The van der Waals surface area contributed by atoms with Crippen molar-refractivity contribution in [2.24, 2.45) is 5.92 Å². The molecule has 2 aliphatic rings. The average Bonchev–Trinajstić information content (AvgIpc) is 3.31. The minimum Gasteiger partial charge on any atom is -0.389 e. The van der Waals surface area contributed by atoms with Crippen LogP contribution in [-0.2, 0) is 4.74 Å². The Morgan fingerprint density at radius 1 is 1.10 bits per heavy atom. The summed E-state index contributed by atoms with van der Waals surface area (Å²) in [6.45, 7) is 8.77. The first-order valence-electron chi connectivity index (χ1n) is 13.9. The standard InChI is InChI=1S/C28H39F2N7O2/c1-18-16-39-13-12-36(18)23-14-24(37-22-7-5-4-6-21(22)33-26(37)25(29)30)35-27(34-23)31-15-19-8-10-20(11-9-19)32-17-28(2,3)38/h4-7,14,18-20,25,32,38H,8-13,15-17H2,1-3H3,(H,31,34,35)/t18-,19?,20?/m0/s1. The van der Waals surface area contributed by atoms with Gasteiger partial charge in [0.15, 0.2) is 5.82 Å². The van der Waals surface area contributed by atoms with Gasteiger partial charge in [-0.15, -0.1) is 0 Å². The Bertz CT molecular complexity index is 1250. The van der Waals surface area contributed by atoms with Crippen LogP contribution in [0.2, 0.25) is 0 Å². The molecule has 0 spiro atoms. The fraction of sp³-hybridized carbons (Fsp3) is 0.607. The minimum absolute atomic E-state index is 0.0927. The fourth-order valence-electron chi connectivity index (χ4n) is 5.46. The molecular weight excluding hydrogens is 504 g/mol. The van der Waals surface area contributed by atoms with Crippen LogP contribution >= 0.6 is 0 Å². The summed E-state index contributed by atoms with van der Waals surface area (Å²) in [5.74, 6) is 1.58. The second kappa shape index (κ2) is 11.7. The summed E-state index contributed by atoms with van der Waals surface area (Å²) in [7, 11) is 0. The molecule has 0 amide bonds. The van der Waals surface area contributed by atoms with Crippen LogP contribution in [0.25, 0.3) is 16.9 Å². The number of ether oxygens (including phenoxy) is 1. The number of aliphatic hydroxyl groups is 1. The van der Waals surface area contributed by atoms with Crippen molar-refractivity contribution in [3.8, 4) is 5.82 Å². The lowest BCUT2D eigenvalue weighted by atomic mass is 9.86. The fourth-order valence-corrected chi connectivity index (χ4v) is 5.46. The predicted octanol–water partition coefficient (Wildman–Crippen LogP) is 4.31. The number of benzene rings is 1. The van der Waals surface area contributed by atoms with Crippen LogP contribution in [0.15, 0.2) is 30.3 Å². The number of hydrogen-bond donors (Lipinski definition) is 3. The highest BCUT2D eigenvalue weighted by atomic mass is 19.3. The van der Waals surface area contributed by atoms with Crippen molar-refractivity contribution in [3.63, 3.8) is 0 Å². The second-order valence-corrected chi connectivity index (χ2v) is 11.4. The highest BCUT2D eigenvalue weighted by Gasteiger charge is 2.26. The van der Waals surface area contributed by atoms with Crippen molar-refractivity contribution in [1.29, 1.82) is 0 Å². The van der Waals surface area contributed by atoms with Crippen molar-refractivity contribution in [3.05, 3.63) is 36.2 Å². The van der Waals surface area contributed by atoms with Gasteiger partial charge in [0, 0.05) is 31.7 Å². The summed E-state index contributed by atoms with van der Waals surface area (Å²) >= 11 is 0. The van der Waals surface area contributed by atoms with E-state index in [4.69, 9.17) is 14.7 Å². The van der Waals surface area contributed by atoms with Crippen LogP contribution in [0.3, 0.4) is 0 Å². The first-order chi connectivity index (χ1) is 18.7. The maximum Gasteiger partial charge on any atom is 0.296 e. The molecule has 1 saturated heterocycles. The predicted molar refractivity (Wildman–Crippen MR) is 148 cm³/mol. The van der Waals surface area contributed by atoms with E-state index in [1.807, 2.05) is 19.9 Å². The van der Waals surface area contributed by atoms with Gasteiger partial charge < -0.3 is 25.4 Å². The Morgan fingerprint density at radius 2 is 1.85 bits per heavy atom. The lowest BCUT2D eigenvalue weighted by molar-refractivity contribution is 0.0736. The third kappa shape index (κ3) is 6.64. The molecule has 1 aliphatic carbocycles. The number of rotatable bonds is 9. The zero-order valence-electron chi connectivity index (χ0n) is 22.9. The maximum absolute atomic E-state index is 14.1. The van der Waals surface area contributed by atoms with Gasteiger partial charge in [-0.05, 0) is 64.5 Å². The molecule has 2 fully saturated rings. The minimum atomic E-state index is -2.75. The number of alkyl halides is 2. The van der Waals surface area contributed by atoms with Crippen molar-refractivity contribution < 1.29 is 18.6 Å². The van der Waals surface area contributed by atoms with E-state index >= 15 is 0 Å². The van der Waals surface area contributed by atoms with Crippen LogP contribution in [0.5, 0.6) is 0 Å². The van der Waals surface area contributed by atoms with Gasteiger partial charge in [-0.3, -0.25) is 4.57 Å². The molecule has 2 aromatic heterocycles. The molecule has 39 heavy (non-hydrogen) atoms. The Hall–Kier alpha value is -2.89. The van der Waals surface area contributed by atoms with E-state index in [1.165, 1.54) is 4.57 Å². The number of morpholine rings is 1. The molecule has 1 atom stereocenters. The number of nitrogens with zero attached hydrogens (tertiary/aromatic N) is 5. The van der Waals surface area contributed by atoms with Gasteiger partial charge in [-0.1, -0.05) is 12.1 Å². The number of halogens is 2. The number of para-hydroxylation sites is 2. The van der Waals surface area contributed by atoms with E-state index in [9.17, 15) is 13.9 Å². The van der Waals surface area contributed by atoms with Gasteiger partial charge in [-0.25, -0.2) is 13.8 Å². The first kappa shape index (κ1) is 27.7. The first-order valence-corrected chi connectivity index (χ1v) is 13.9.